The molecule has 2 aromatic heterocycles. The third-order valence-corrected chi connectivity index (χ3v) is 6.03. The predicted octanol–water partition coefficient (Wildman–Crippen LogP) is 6.26. The van der Waals surface area contributed by atoms with E-state index in [2.05, 4.69) is 4.98 Å². The predicted molar refractivity (Wildman–Crippen MR) is 121 cm³/mol. The molecule has 4 nitrogen and oxygen atoms in total. The lowest BCUT2D eigenvalue weighted by Crippen LogP contribution is -2.02. The quantitative estimate of drug-likeness (QED) is 0.328. The molecule has 0 amide bonds. The van der Waals surface area contributed by atoms with Crippen LogP contribution in [-0.4, -0.2) is 12.1 Å². The molecule has 0 unspecified atom stereocenters. The summed E-state index contributed by atoms with van der Waals surface area (Å²) in [5.74, 6) is 0.800. The molecular formula is C25H17NO3S. The fourth-order valence-corrected chi connectivity index (χ4v) is 4.28. The number of fused-ring (bicyclic) bond motifs is 1. The molecule has 30 heavy (non-hydrogen) atoms. The van der Waals surface area contributed by atoms with Crippen LogP contribution < -0.4 is 10.4 Å². The topological polar surface area (TPSA) is 52.3 Å². The molecule has 0 aliphatic rings. The zero-order valence-electron chi connectivity index (χ0n) is 16.2. The standard InChI is InChI=1S/C25H17NO3S/c1-28-20-11-9-17(10-12-20)23-15-26-24(30-23)21-13-19-8-7-18(14-22(19)29-25(21)27)16-5-3-2-4-6-16/h2-15H,1H3. The van der Waals surface area contributed by atoms with Crippen LogP contribution in [0.25, 0.3) is 43.1 Å². The summed E-state index contributed by atoms with van der Waals surface area (Å²) in [5.41, 5.74) is 3.77. The zero-order chi connectivity index (χ0) is 20.5. The Kier molecular flexibility index (Phi) is 4.65. The molecule has 0 N–H and O–H groups in total. The van der Waals surface area contributed by atoms with Crippen LogP contribution in [0.1, 0.15) is 0 Å². The molecule has 0 aliphatic heterocycles. The number of ether oxygens (including phenoxy) is 1. The monoisotopic (exact) mass is 411 g/mol. The maximum Gasteiger partial charge on any atom is 0.346 e. The first-order valence-electron chi connectivity index (χ1n) is 9.45. The van der Waals surface area contributed by atoms with Crippen LogP contribution in [-0.2, 0) is 0 Å². The Bertz CT molecular complexity index is 1390. The SMILES string of the molecule is COc1ccc(-c2cnc(-c3cc4ccc(-c5ccccc5)cc4oc3=O)s2)cc1. The number of methoxy groups -OCH3 is 1. The highest BCUT2D eigenvalue weighted by Crippen LogP contribution is 2.33. The molecule has 0 atom stereocenters. The highest BCUT2D eigenvalue weighted by molar-refractivity contribution is 7.18. The minimum Gasteiger partial charge on any atom is -0.497 e. The summed E-state index contributed by atoms with van der Waals surface area (Å²) < 4.78 is 10.9. The van der Waals surface area contributed by atoms with Gasteiger partial charge in [-0.1, -0.05) is 42.5 Å². The summed E-state index contributed by atoms with van der Waals surface area (Å²) in [5, 5.41) is 1.51. The molecule has 3 aromatic carbocycles. The molecule has 0 spiro atoms. The van der Waals surface area contributed by atoms with Crippen LogP contribution >= 0.6 is 11.3 Å². The van der Waals surface area contributed by atoms with Crippen molar-refractivity contribution >= 4 is 22.3 Å². The lowest BCUT2D eigenvalue weighted by molar-refractivity contribution is 0.415. The molecule has 0 radical (unpaired) electrons. The average molecular weight is 411 g/mol. The molecule has 5 heteroatoms. The van der Waals surface area contributed by atoms with E-state index < -0.39 is 0 Å². The number of hydrogen-bond acceptors (Lipinski definition) is 5. The van der Waals surface area contributed by atoms with E-state index in [1.54, 1.807) is 13.3 Å². The molecule has 0 saturated heterocycles. The maximum absolute atomic E-state index is 12.7. The second-order valence-electron chi connectivity index (χ2n) is 6.82. The van der Waals surface area contributed by atoms with Gasteiger partial charge in [-0.05, 0) is 53.1 Å². The Morgan fingerprint density at radius 1 is 0.867 bits per heavy atom. The van der Waals surface area contributed by atoms with Gasteiger partial charge in [0, 0.05) is 11.6 Å². The summed E-state index contributed by atoms with van der Waals surface area (Å²) in [7, 11) is 1.64. The number of benzene rings is 3. The largest absolute Gasteiger partial charge is 0.497 e. The van der Waals surface area contributed by atoms with Crippen molar-refractivity contribution in [2.75, 3.05) is 7.11 Å². The minimum absolute atomic E-state index is 0.386. The molecule has 0 aliphatic carbocycles. The summed E-state index contributed by atoms with van der Waals surface area (Å²) >= 11 is 1.46. The molecule has 0 saturated carbocycles. The Labute approximate surface area is 177 Å². The Morgan fingerprint density at radius 3 is 2.40 bits per heavy atom. The van der Waals surface area contributed by atoms with Crippen LogP contribution in [0.3, 0.4) is 0 Å². The lowest BCUT2D eigenvalue weighted by Gasteiger charge is -2.04. The van der Waals surface area contributed by atoms with Crippen molar-refractivity contribution in [2.24, 2.45) is 0 Å². The van der Waals surface area contributed by atoms with Crippen molar-refractivity contribution in [2.45, 2.75) is 0 Å². The van der Waals surface area contributed by atoms with Crippen molar-refractivity contribution in [1.29, 1.82) is 0 Å². The van der Waals surface area contributed by atoms with Gasteiger partial charge in [0.05, 0.1) is 17.6 Å². The maximum atomic E-state index is 12.7. The highest BCUT2D eigenvalue weighted by Gasteiger charge is 2.13. The van der Waals surface area contributed by atoms with E-state index in [0.29, 0.717) is 16.2 Å². The lowest BCUT2D eigenvalue weighted by atomic mass is 10.0. The third-order valence-electron chi connectivity index (χ3n) is 4.95. The molecule has 0 fully saturated rings. The van der Waals surface area contributed by atoms with Gasteiger partial charge in [-0.25, -0.2) is 9.78 Å². The summed E-state index contributed by atoms with van der Waals surface area (Å²) in [6.45, 7) is 0. The van der Waals surface area contributed by atoms with E-state index in [4.69, 9.17) is 9.15 Å². The number of nitrogens with zero attached hydrogens (tertiary/aromatic N) is 1. The van der Waals surface area contributed by atoms with E-state index in [0.717, 1.165) is 32.7 Å². The van der Waals surface area contributed by atoms with Crippen molar-refractivity contribution in [3.63, 3.8) is 0 Å². The first-order chi connectivity index (χ1) is 14.7. The second kappa shape index (κ2) is 7.61. The van der Waals surface area contributed by atoms with Gasteiger partial charge < -0.3 is 9.15 Å². The van der Waals surface area contributed by atoms with Gasteiger partial charge in [0.2, 0.25) is 0 Å². The van der Waals surface area contributed by atoms with E-state index in [9.17, 15) is 4.79 Å². The first kappa shape index (κ1) is 18.3. The van der Waals surface area contributed by atoms with E-state index in [1.165, 1.54) is 11.3 Å². The van der Waals surface area contributed by atoms with Crippen molar-refractivity contribution in [1.82, 2.24) is 4.98 Å². The third kappa shape index (κ3) is 3.40. The Hall–Kier alpha value is -3.70. The van der Waals surface area contributed by atoms with E-state index in [-0.39, 0.29) is 5.63 Å². The normalized spacial score (nSPS) is 11.0. The fraction of sp³-hybridized carbons (Fsp3) is 0.0400. The molecule has 5 aromatic rings. The first-order valence-corrected chi connectivity index (χ1v) is 10.3. The average Bonchev–Trinajstić information content (AvgIpc) is 3.29. The van der Waals surface area contributed by atoms with Crippen molar-refractivity contribution < 1.29 is 9.15 Å². The van der Waals surface area contributed by atoms with Crippen LogP contribution in [0.15, 0.2) is 94.3 Å². The fourth-order valence-electron chi connectivity index (χ4n) is 3.36. The van der Waals surface area contributed by atoms with Crippen molar-refractivity contribution in [3.8, 4) is 37.9 Å². The van der Waals surface area contributed by atoms with Crippen LogP contribution in [0, 0.1) is 0 Å². The number of thiazole rings is 1. The smallest absolute Gasteiger partial charge is 0.346 e. The highest BCUT2D eigenvalue weighted by atomic mass is 32.1. The van der Waals surface area contributed by atoms with Gasteiger partial charge >= 0.3 is 5.63 Å². The van der Waals surface area contributed by atoms with Gasteiger partial charge in [-0.3, -0.25) is 0 Å². The molecule has 146 valence electrons. The minimum atomic E-state index is -0.386. The van der Waals surface area contributed by atoms with Gasteiger partial charge in [0.1, 0.15) is 16.3 Å². The summed E-state index contributed by atoms with van der Waals surface area (Å²) in [6.07, 6.45) is 1.78. The van der Waals surface area contributed by atoms with Gasteiger partial charge in [-0.2, -0.15) is 0 Å². The number of rotatable bonds is 4. The number of aromatic nitrogens is 1. The van der Waals surface area contributed by atoms with Gasteiger partial charge in [0.15, 0.2) is 0 Å². The second-order valence-corrected chi connectivity index (χ2v) is 7.85. The Balaban J connectivity index is 1.52. The van der Waals surface area contributed by atoms with Gasteiger partial charge in [-0.15, -0.1) is 11.3 Å². The molecule has 2 heterocycles. The zero-order valence-corrected chi connectivity index (χ0v) is 17.0. The summed E-state index contributed by atoms with van der Waals surface area (Å²) in [4.78, 5) is 18.1. The van der Waals surface area contributed by atoms with Crippen LogP contribution in [0.5, 0.6) is 5.75 Å². The number of hydrogen-bond donors (Lipinski definition) is 0. The van der Waals surface area contributed by atoms with Crippen LogP contribution in [0.4, 0.5) is 0 Å². The van der Waals surface area contributed by atoms with E-state index in [1.807, 2.05) is 78.9 Å². The van der Waals surface area contributed by atoms with E-state index >= 15 is 0 Å². The molecular weight excluding hydrogens is 394 g/mol. The molecule has 0 bridgehead atoms. The summed E-state index contributed by atoms with van der Waals surface area (Å²) in [6, 6.07) is 25.5. The van der Waals surface area contributed by atoms with Crippen molar-refractivity contribution in [3.05, 3.63) is 95.5 Å². The molecule has 5 rings (SSSR count). The van der Waals surface area contributed by atoms with Gasteiger partial charge in [0.25, 0.3) is 0 Å². The Morgan fingerprint density at radius 2 is 1.63 bits per heavy atom. The van der Waals surface area contributed by atoms with Crippen LogP contribution in [0.2, 0.25) is 0 Å².